The zero-order valence-electron chi connectivity index (χ0n) is 6.49. The summed E-state index contributed by atoms with van der Waals surface area (Å²) in [6, 6.07) is 0. The molecule has 5 nitrogen and oxygen atoms in total. The highest BCUT2D eigenvalue weighted by molar-refractivity contribution is 9.10. The standard InChI is InChI=1S/C6H6BrN3O2S/c7-6-9-4-2-13(11,12)1-3(4)5(8)10-6/h1-2H2,(H2,8,9,10). The highest BCUT2D eigenvalue weighted by Crippen LogP contribution is 2.27. The van der Waals surface area contributed by atoms with Crippen LogP contribution >= 0.6 is 15.9 Å². The van der Waals surface area contributed by atoms with Crippen LogP contribution in [-0.2, 0) is 21.3 Å². The topological polar surface area (TPSA) is 85.9 Å². The molecule has 1 aromatic rings. The molecule has 1 aromatic heterocycles. The van der Waals surface area contributed by atoms with E-state index in [9.17, 15) is 8.42 Å². The molecule has 1 aliphatic rings. The highest BCUT2D eigenvalue weighted by atomic mass is 79.9. The minimum Gasteiger partial charge on any atom is -0.383 e. The Kier molecular flexibility index (Phi) is 1.81. The fourth-order valence-corrected chi connectivity index (χ4v) is 3.19. The lowest BCUT2D eigenvalue weighted by Crippen LogP contribution is -2.00. The van der Waals surface area contributed by atoms with Crippen LogP contribution in [0.3, 0.4) is 0 Å². The molecule has 0 radical (unpaired) electrons. The van der Waals surface area contributed by atoms with Crippen LogP contribution in [-0.4, -0.2) is 18.4 Å². The third-order valence-electron chi connectivity index (χ3n) is 1.82. The first-order chi connectivity index (χ1) is 5.98. The second-order valence-corrected chi connectivity index (χ2v) is 5.61. The molecule has 1 aliphatic heterocycles. The van der Waals surface area contributed by atoms with Gasteiger partial charge in [-0.15, -0.1) is 0 Å². The first kappa shape index (κ1) is 8.89. The van der Waals surface area contributed by atoms with Gasteiger partial charge in [-0.1, -0.05) is 0 Å². The van der Waals surface area contributed by atoms with Crippen molar-refractivity contribution in [3.05, 3.63) is 16.0 Å². The number of anilines is 1. The first-order valence-electron chi connectivity index (χ1n) is 3.49. The van der Waals surface area contributed by atoms with Crippen molar-refractivity contribution in [2.45, 2.75) is 11.5 Å². The van der Waals surface area contributed by atoms with Crippen molar-refractivity contribution >= 4 is 31.6 Å². The van der Waals surface area contributed by atoms with Crippen LogP contribution in [0, 0.1) is 0 Å². The van der Waals surface area contributed by atoms with E-state index in [0.29, 0.717) is 16.0 Å². The number of rotatable bonds is 0. The summed E-state index contributed by atoms with van der Waals surface area (Å²) in [7, 11) is -3.05. The fourth-order valence-electron chi connectivity index (χ4n) is 1.27. The molecule has 0 saturated carbocycles. The Morgan fingerprint density at radius 3 is 2.69 bits per heavy atom. The monoisotopic (exact) mass is 263 g/mol. The van der Waals surface area contributed by atoms with Gasteiger partial charge in [-0.2, -0.15) is 0 Å². The number of nitrogen functional groups attached to an aromatic ring is 1. The Morgan fingerprint density at radius 1 is 1.31 bits per heavy atom. The largest absolute Gasteiger partial charge is 0.383 e. The summed E-state index contributed by atoms with van der Waals surface area (Å²) >= 11 is 3.06. The smallest absolute Gasteiger partial charge is 0.198 e. The maximum absolute atomic E-state index is 11.2. The van der Waals surface area contributed by atoms with Gasteiger partial charge in [0.15, 0.2) is 14.6 Å². The van der Waals surface area contributed by atoms with Crippen molar-refractivity contribution in [3.63, 3.8) is 0 Å². The summed E-state index contributed by atoms with van der Waals surface area (Å²) in [5.41, 5.74) is 6.61. The molecule has 0 fully saturated rings. The second-order valence-electron chi connectivity index (χ2n) is 2.84. The van der Waals surface area contributed by atoms with Crippen LogP contribution < -0.4 is 5.73 Å². The Morgan fingerprint density at radius 2 is 2.00 bits per heavy atom. The van der Waals surface area contributed by atoms with E-state index in [1.54, 1.807) is 0 Å². The van der Waals surface area contributed by atoms with Crippen molar-refractivity contribution in [1.29, 1.82) is 0 Å². The summed E-state index contributed by atoms with van der Waals surface area (Å²) in [5.74, 6) is 0.174. The van der Waals surface area contributed by atoms with Gasteiger partial charge in [0.25, 0.3) is 0 Å². The molecular weight excluding hydrogens is 258 g/mol. The summed E-state index contributed by atoms with van der Waals surface area (Å²) in [4.78, 5) is 7.79. The molecule has 0 unspecified atom stereocenters. The lowest BCUT2D eigenvalue weighted by Gasteiger charge is -1.99. The second kappa shape index (κ2) is 2.65. The minimum atomic E-state index is -3.05. The maximum Gasteiger partial charge on any atom is 0.198 e. The van der Waals surface area contributed by atoms with Gasteiger partial charge in [0.2, 0.25) is 0 Å². The molecule has 0 amide bonds. The summed E-state index contributed by atoms with van der Waals surface area (Å²) in [6.45, 7) is 0. The van der Waals surface area contributed by atoms with E-state index in [-0.39, 0.29) is 17.3 Å². The zero-order chi connectivity index (χ0) is 9.64. The van der Waals surface area contributed by atoms with Crippen LogP contribution in [0.5, 0.6) is 0 Å². The van der Waals surface area contributed by atoms with Gasteiger partial charge in [-0.25, -0.2) is 18.4 Å². The normalized spacial score (nSPS) is 18.5. The van der Waals surface area contributed by atoms with Crippen molar-refractivity contribution in [3.8, 4) is 0 Å². The van der Waals surface area contributed by atoms with E-state index in [4.69, 9.17) is 5.73 Å². The van der Waals surface area contributed by atoms with E-state index in [2.05, 4.69) is 25.9 Å². The SMILES string of the molecule is Nc1nc(Br)nc2c1CS(=O)(=O)C2. The Bertz CT molecular complexity index is 471. The number of sulfone groups is 1. The maximum atomic E-state index is 11.2. The molecule has 0 aliphatic carbocycles. The number of nitrogens with two attached hydrogens (primary N) is 1. The molecule has 13 heavy (non-hydrogen) atoms. The van der Waals surface area contributed by atoms with Crippen molar-refractivity contribution in [2.24, 2.45) is 0 Å². The van der Waals surface area contributed by atoms with Gasteiger partial charge in [-0.05, 0) is 15.9 Å². The van der Waals surface area contributed by atoms with Crippen LogP contribution in [0.2, 0.25) is 0 Å². The predicted molar refractivity (Wildman–Crippen MR) is 50.5 cm³/mol. The van der Waals surface area contributed by atoms with Gasteiger partial charge in [0.05, 0.1) is 17.2 Å². The van der Waals surface area contributed by atoms with Gasteiger partial charge in [0, 0.05) is 5.56 Å². The molecule has 2 rings (SSSR count). The number of aromatic nitrogens is 2. The molecule has 70 valence electrons. The fraction of sp³-hybridized carbons (Fsp3) is 0.333. The number of hydrogen-bond acceptors (Lipinski definition) is 5. The average molecular weight is 264 g/mol. The lowest BCUT2D eigenvalue weighted by atomic mass is 10.2. The van der Waals surface area contributed by atoms with Crippen LogP contribution in [0.4, 0.5) is 5.82 Å². The molecule has 2 N–H and O–H groups in total. The first-order valence-corrected chi connectivity index (χ1v) is 6.10. The number of nitrogens with zero attached hydrogens (tertiary/aromatic N) is 2. The van der Waals surface area contributed by atoms with Gasteiger partial charge in [0.1, 0.15) is 5.82 Å². The number of halogens is 1. The molecule has 2 heterocycles. The average Bonchev–Trinajstić information content (AvgIpc) is 2.23. The third kappa shape index (κ3) is 1.53. The molecule has 0 saturated heterocycles. The minimum absolute atomic E-state index is 0.0341. The Balaban J connectivity index is 2.64. The molecule has 0 spiro atoms. The summed E-state index contributed by atoms with van der Waals surface area (Å²) in [6.07, 6.45) is 0. The van der Waals surface area contributed by atoms with E-state index < -0.39 is 9.84 Å². The predicted octanol–water partition coefficient (Wildman–Crippen LogP) is 0.250. The van der Waals surface area contributed by atoms with Crippen molar-refractivity contribution in [1.82, 2.24) is 9.97 Å². The summed E-state index contributed by atoms with van der Waals surface area (Å²) in [5, 5.41) is 0. The number of hydrogen-bond donors (Lipinski definition) is 1. The third-order valence-corrected chi connectivity index (χ3v) is 3.61. The zero-order valence-corrected chi connectivity index (χ0v) is 8.89. The Labute approximate surface area is 83.4 Å². The van der Waals surface area contributed by atoms with Gasteiger partial charge < -0.3 is 5.73 Å². The van der Waals surface area contributed by atoms with E-state index in [1.807, 2.05) is 0 Å². The van der Waals surface area contributed by atoms with Crippen LogP contribution in [0.15, 0.2) is 4.73 Å². The van der Waals surface area contributed by atoms with E-state index >= 15 is 0 Å². The summed E-state index contributed by atoms with van der Waals surface area (Å²) < 4.78 is 22.8. The molecule has 0 atom stereocenters. The van der Waals surface area contributed by atoms with Gasteiger partial charge >= 0.3 is 0 Å². The quantitative estimate of drug-likeness (QED) is 0.679. The highest BCUT2D eigenvalue weighted by Gasteiger charge is 2.28. The molecule has 0 aromatic carbocycles. The van der Waals surface area contributed by atoms with Crippen LogP contribution in [0.25, 0.3) is 0 Å². The molecule has 7 heteroatoms. The molecule has 0 bridgehead atoms. The van der Waals surface area contributed by atoms with Crippen molar-refractivity contribution < 1.29 is 8.42 Å². The molecular formula is C6H6BrN3O2S. The van der Waals surface area contributed by atoms with Crippen LogP contribution in [0.1, 0.15) is 11.3 Å². The Hall–Kier alpha value is -0.690. The lowest BCUT2D eigenvalue weighted by molar-refractivity contribution is 0.597. The van der Waals surface area contributed by atoms with E-state index in [0.717, 1.165) is 0 Å². The van der Waals surface area contributed by atoms with Crippen molar-refractivity contribution in [2.75, 3.05) is 5.73 Å². The van der Waals surface area contributed by atoms with Gasteiger partial charge in [-0.3, -0.25) is 0 Å². The van der Waals surface area contributed by atoms with E-state index in [1.165, 1.54) is 0 Å². The number of fused-ring (bicyclic) bond motifs is 1.